The number of nitrogen functional groups attached to an aromatic ring is 1. The van der Waals surface area contributed by atoms with Crippen LogP contribution in [0.15, 0.2) is 17.6 Å². The Morgan fingerprint density at radius 3 is 3.00 bits per heavy atom. The Labute approximate surface area is 102 Å². The second-order valence-corrected chi connectivity index (χ2v) is 4.69. The number of aryl methyl sites for hydroxylation is 1. The largest absolute Gasteiger partial charge is 0.397 e. The highest BCUT2D eigenvalue weighted by atomic mass is 35.5. The van der Waals surface area contributed by atoms with E-state index in [4.69, 9.17) is 17.3 Å². The maximum Gasteiger partial charge on any atom is 0.145 e. The predicted octanol–water partition coefficient (Wildman–Crippen LogP) is 2.69. The van der Waals surface area contributed by atoms with E-state index < -0.39 is 0 Å². The minimum absolute atomic E-state index is 0.522. The average molecular weight is 255 g/mol. The molecule has 3 N–H and O–H groups in total. The van der Waals surface area contributed by atoms with Gasteiger partial charge in [-0.3, -0.25) is 0 Å². The van der Waals surface area contributed by atoms with E-state index in [9.17, 15) is 0 Å². The number of anilines is 2. The van der Waals surface area contributed by atoms with Gasteiger partial charge in [0.05, 0.1) is 23.5 Å². The zero-order valence-electron chi connectivity index (χ0n) is 8.70. The Morgan fingerprint density at radius 1 is 1.56 bits per heavy atom. The summed E-state index contributed by atoms with van der Waals surface area (Å²) in [6.07, 6.45) is 1.57. The molecule has 0 radical (unpaired) electrons. The molecule has 6 heteroatoms. The third-order valence-electron chi connectivity index (χ3n) is 1.94. The van der Waals surface area contributed by atoms with Crippen LogP contribution in [0, 0.1) is 6.92 Å². The van der Waals surface area contributed by atoms with E-state index in [1.165, 1.54) is 0 Å². The molecule has 2 heterocycles. The van der Waals surface area contributed by atoms with E-state index in [2.05, 4.69) is 15.3 Å². The molecule has 0 saturated carbocycles. The number of halogens is 1. The van der Waals surface area contributed by atoms with Gasteiger partial charge in [0, 0.05) is 11.1 Å². The first-order valence-corrected chi connectivity index (χ1v) is 5.97. The molecule has 0 aliphatic heterocycles. The van der Waals surface area contributed by atoms with E-state index >= 15 is 0 Å². The summed E-state index contributed by atoms with van der Waals surface area (Å²) < 4.78 is 0. The smallest absolute Gasteiger partial charge is 0.145 e. The van der Waals surface area contributed by atoms with Gasteiger partial charge in [-0.15, -0.1) is 11.3 Å². The first-order valence-electron chi connectivity index (χ1n) is 4.71. The lowest BCUT2D eigenvalue weighted by Gasteiger charge is -2.05. The van der Waals surface area contributed by atoms with E-state index in [1.54, 1.807) is 23.6 Å². The average Bonchev–Trinajstić information content (AvgIpc) is 2.63. The van der Waals surface area contributed by atoms with Crippen LogP contribution < -0.4 is 11.1 Å². The normalized spacial score (nSPS) is 10.4. The van der Waals surface area contributed by atoms with Crippen LogP contribution in [0.25, 0.3) is 0 Å². The quantitative estimate of drug-likeness (QED) is 0.884. The zero-order chi connectivity index (χ0) is 11.5. The Balaban J connectivity index is 2.04. The van der Waals surface area contributed by atoms with Crippen molar-refractivity contribution in [3.63, 3.8) is 0 Å². The van der Waals surface area contributed by atoms with Crippen LogP contribution in [0.4, 0.5) is 11.5 Å². The molecule has 2 rings (SSSR count). The number of nitrogens with zero attached hydrogens (tertiary/aromatic N) is 2. The summed E-state index contributed by atoms with van der Waals surface area (Å²) in [5.41, 5.74) is 7.14. The molecule has 0 spiro atoms. The van der Waals surface area contributed by atoms with Gasteiger partial charge in [-0.1, -0.05) is 11.6 Å². The number of rotatable bonds is 3. The van der Waals surface area contributed by atoms with E-state index in [-0.39, 0.29) is 0 Å². The summed E-state index contributed by atoms with van der Waals surface area (Å²) in [7, 11) is 0. The molecule has 0 saturated heterocycles. The fourth-order valence-corrected chi connectivity index (χ4v) is 2.18. The minimum Gasteiger partial charge on any atom is -0.397 e. The third kappa shape index (κ3) is 2.62. The van der Waals surface area contributed by atoms with Gasteiger partial charge in [0.25, 0.3) is 0 Å². The predicted molar refractivity (Wildman–Crippen MR) is 67.8 cm³/mol. The fourth-order valence-electron chi connectivity index (χ4n) is 1.23. The Morgan fingerprint density at radius 2 is 2.38 bits per heavy atom. The maximum absolute atomic E-state index is 5.98. The van der Waals surface area contributed by atoms with Crippen LogP contribution in [-0.4, -0.2) is 9.97 Å². The van der Waals surface area contributed by atoms with Gasteiger partial charge < -0.3 is 11.1 Å². The van der Waals surface area contributed by atoms with Gasteiger partial charge in [0.15, 0.2) is 0 Å². The molecular weight excluding hydrogens is 244 g/mol. The van der Waals surface area contributed by atoms with Crippen molar-refractivity contribution in [2.75, 3.05) is 11.1 Å². The molecule has 16 heavy (non-hydrogen) atoms. The fraction of sp³-hybridized carbons (Fsp3) is 0.200. The lowest BCUT2D eigenvalue weighted by molar-refractivity contribution is 1.06. The van der Waals surface area contributed by atoms with Crippen molar-refractivity contribution in [1.29, 1.82) is 0 Å². The molecule has 84 valence electrons. The van der Waals surface area contributed by atoms with Gasteiger partial charge in [0.1, 0.15) is 10.8 Å². The van der Waals surface area contributed by atoms with Gasteiger partial charge in [-0.2, -0.15) is 0 Å². The summed E-state index contributed by atoms with van der Waals surface area (Å²) in [4.78, 5) is 8.44. The number of pyridine rings is 1. The molecule has 0 amide bonds. The lowest BCUT2D eigenvalue weighted by Crippen LogP contribution is -2.02. The van der Waals surface area contributed by atoms with Crippen LogP contribution in [-0.2, 0) is 6.54 Å². The number of aromatic nitrogens is 2. The van der Waals surface area contributed by atoms with Crippen molar-refractivity contribution in [3.05, 3.63) is 33.4 Å². The van der Waals surface area contributed by atoms with Gasteiger partial charge in [-0.05, 0) is 13.0 Å². The van der Waals surface area contributed by atoms with Crippen LogP contribution in [0.1, 0.15) is 10.7 Å². The summed E-state index contributed by atoms with van der Waals surface area (Å²) in [6.45, 7) is 2.59. The highest BCUT2D eigenvalue weighted by molar-refractivity contribution is 7.09. The number of nitrogens with one attached hydrogen (secondary N) is 1. The Bertz CT molecular complexity index is 497. The molecule has 0 bridgehead atoms. The summed E-state index contributed by atoms with van der Waals surface area (Å²) >= 11 is 7.59. The molecule has 4 nitrogen and oxygen atoms in total. The zero-order valence-corrected chi connectivity index (χ0v) is 10.3. The lowest BCUT2D eigenvalue weighted by atomic mass is 10.4. The summed E-state index contributed by atoms with van der Waals surface area (Å²) in [5, 5.41) is 6.66. The van der Waals surface area contributed by atoms with Crippen LogP contribution in [0.5, 0.6) is 0 Å². The van der Waals surface area contributed by atoms with E-state index in [0.29, 0.717) is 23.1 Å². The van der Waals surface area contributed by atoms with Crippen molar-refractivity contribution in [3.8, 4) is 0 Å². The minimum atomic E-state index is 0.522. The first-order chi connectivity index (χ1) is 7.65. The van der Waals surface area contributed by atoms with E-state index in [1.807, 2.05) is 12.3 Å². The van der Waals surface area contributed by atoms with Gasteiger partial charge >= 0.3 is 0 Å². The molecular formula is C10H11ClN4S. The number of hydrogen-bond donors (Lipinski definition) is 2. The van der Waals surface area contributed by atoms with Crippen LogP contribution in [0.2, 0.25) is 5.02 Å². The molecule has 0 aliphatic carbocycles. The SMILES string of the molecule is Cc1csc(CNc2ncc(N)cc2Cl)n1. The van der Waals surface area contributed by atoms with Crippen molar-refractivity contribution in [2.45, 2.75) is 13.5 Å². The monoisotopic (exact) mass is 254 g/mol. The van der Waals surface area contributed by atoms with Crippen molar-refractivity contribution >= 4 is 34.4 Å². The number of nitrogens with two attached hydrogens (primary N) is 1. The number of thiazole rings is 1. The molecule has 0 unspecified atom stereocenters. The molecule has 2 aromatic rings. The molecule has 0 aromatic carbocycles. The Kier molecular flexibility index (Phi) is 3.26. The van der Waals surface area contributed by atoms with Crippen molar-refractivity contribution in [2.24, 2.45) is 0 Å². The number of hydrogen-bond acceptors (Lipinski definition) is 5. The molecule has 0 atom stereocenters. The topological polar surface area (TPSA) is 63.8 Å². The highest BCUT2D eigenvalue weighted by Crippen LogP contribution is 2.21. The third-order valence-corrected chi connectivity index (χ3v) is 3.19. The first kappa shape index (κ1) is 11.2. The highest BCUT2D eigenvalue weighted by Gasteiger charge is 2.03. The van der Waals surface area contributed by atoms with Crippen LogP contribution >= 0.6 is 22.9 Å². The summed E-state index contributed by atoms with van der Waals surface area (Å²) in [5.74, 6) is 0.628. The molecule has 0 fully saturated rings. The van der Waals surface area contributed by atoms with Crippen molar-refractivity contribution in [1.82, 2.24) is 9.97 Å². The second-order valence-electron chi connectivity index (χ2n) is 3.34. The Hall–Kier alpha value is -1.33. The maximum atomic E-state index is 5.98. The van der Waals surface area contributed by atoms with Crippen molar-refractivity contribution < 1.29 is 0 Å². The summed E-state index contributed by atoms with van der Waals surface area (Å²) in [6, 6.07) is 1.67. The molecule has 2 aromatic heterocycles. The second kappa shape index (κ2) is 4.67. The van der Waals surface area contributed by atoms with Crippen LogP contribution in [0.3, 0.4) is 0 Å². The van der Waals surface area contributed by atoms with Gasteiger partial charge in [-0.25, -0.2) is 9.97 Å². The van der Waals surface area contributed by atoms with Gasteiger partial charge in [0.2, 0.25) is 0 Å². The standard InChI is InChI=1S/C10H11ClN4S/c1-6-5-16-9(15-6)4-14-10-8(11)2-7(12)3-13-10/h2-3,5H,4,12H2,1H3,(H,13,14). The molecule has 0 aliphatic rings. The van der Waals surface area contributed by atoms with E-state index in [0.717, 1.165) is 10.7 Å².